The molecule has 4 amide bonds. The predicted molar refractivity (Wildman–Crippen MR) is 242 cm³/mol. The summed E-state index contributed by atoms with van der Waals surface area (Å²) in [5.41, 5.74) is 0.806. The van der Waals surface area contributed by atoms with E-state index in [1.54, 1.807) is 14.0 Å². The van der Waals surface area contributed by atoms with Crippen molar-refractivity contribution < 1.29 is 47.8 Å². The van der Waals surface area contributed by atoms with Gasteiger partial charge >= 0.3 is 5.97 Å². The Balaban J connectivity index is 1.61. The van der Waals surface area contributed by atoms with Crippen molar-refractivity contribution in [1.82, 2.24) is 25.8 Å². The van der Waals surface area contributed by atoms with Crippen LogP contribution < -0.4 is 16.0 Å². The molecule has 2 heterocycles. The molecule has 2 aliphatic heterocycles. The van der Waals surface area contributed by atoms with Crippen LogP contribution in [0.15, 0.2) is 60.7 Å². The van der Waals surface area contributed by atoms with E-state index >= 15 is 0 Å². The van der Waals surface area contributed by atoms with Gasteiger partial charge in [0.25, 0.3) is 0 Å². The lowest BCUT2D eigenvalue weighted by Gasteiger charge is -2.34. The van der Waals surface area contributed by atoms with Crippen molar-refractivity contribution in [2.75, 3.05) is 53.2 Å². The SMILES string of the molecule is CNC(=O)CCCCC(=O)OCN(C(=O)CN1CCOCC1)[C@@H](CCc1ccccc1)C(=O)N[C@@H](CC(C)C)C(=O)C[C@@H](Cc1ccccc1)C(=O)N[C@@H](CC(C)C)C(=O)[C@@]1(C)CO1. The molecule has 2 saturated heterocycles. The number of nitrogens with zero attached hydrogens (tertiary/aromatic N) is 2. The fourth-order valence-corrected chi connectivity index (χ4v) is 7.81. The lowest BCUT2D eigenvalue weighted by molar-refractivity contribution is -0.159. The third-order valence-electron chi connectivity index (χ3n) is 11.7. The molecule has 3 N–H and O–H groups in total. The molecular weight excluding hydrogens is 819 g/mol. The normalized spacial score (nSPS) is 18.0. The van der Waals surface area contributed by atoms with E-state index in [1.807, 2.05) is 93.3 Å². The maximum Gasteiger partial charge on any atom is 0.307 e. The number of unbranched alkanes of at least 4 members (excludes halogenated alkanes) is 1. The number of morpholine rings is 1. The van der Waals surface area contributed by atoms with E-state index in [2.05, 4.69) is 16.0 Å². The third-order valence-corrected chi connectivity index (χ3v) is 11.7. The standard InChI is InChI=1S/C49H71N5O10/c1-34(2)27-39(42(55)30-38(29-37-17-11-8-12-18-37)47(60)52-40(28-35(3)4)46(59)49(5)32-64-49)51-48(61)41(22-21-36-15-9-7-10-16-36)54(44(57)31-53-23-25-62-26-24-53)33-63-45(58)20-14-13-19-43(56)50-6/h7-12,15-18,34-35,38-41H,13-14,19-33H2,1-6H3,(H,50,56)(H,51,61)(H,52,60)/t38-,39+,40+,41+,49-/m1/s1. The Morgan fingerprint density at radius 1 is 0.797 bits per heavy atom. The van der Waals surface area contributed by atoms with Crippen molar-refractivity contribution in [3.63, 3.8) is 0 Å². The minimum Gasteiger partial charge on any atom is -0.444 e. The van der Waals surface area contributed by atoms with Crippen molar-refractivity contribution in [3.05, 3.63) is 71.8 Å². The molecular formula is C49H71N5O10. The number of nitrogens with one attached hydrogen (secondary N) is 3. The van der Waals surface area contributed by atoms with E-state index in [0.29, 0.717) is 52.0 Å². The molecule has 0 unspecified atom stereocenters. The number of esters is 1. The van der Waals surface area contributed by atoms with Crippen LogP contribution in [0, 0.1) is 17.8 Å². The Hall–Kier alpha value is -4.99. The number of Topliss-reactive ketones (excluding diaryl/α,β-unsaturated/α-hetero) is 2. The number of carbonyl (C=O) groups excluding carboxylic acids is 7. The number of epoxide rings is 1. The fourth-order valence-electron chi connectivity index (χ4n) is 7.81. The lowest BCUT2D eigenvalue weighted by Crippen LogP contribution is -2.56. The number of rotatable bonds is 28. The summed E-state index contributed by atoms with van der Waals surface area (Å²) in [6.07, 6.45) is 2.37. The first-order valence-corrected chi connectivity index (χ1v) is 22.9. The molecule has 2 aromatic carbocycles. The molecule has 0 radical (unpaired) electrons. The van der Waals surface area contributed by atoms with Gasteiger partial charge in [0.1, 0.15) is 11.6 Å². The highest BCUT2D eigenvalue weighted by atomic mass is 16.6. The molecule has 2 fully saturated rings. The van der Waals surface area contributed by atoms with Gasteiger partial charge in [-0.25, -0.2) is 0 Å². The molecule has 0 aliphatic carbocycles. The molecule has 0 saturated carbocycles. The number of carbonyl (C=O) groups is 7. The Morgan fingerprint density at radius 3 is 1.97 bits per heavy atom. The second-order valence-corrected chi connectivity index (χ2v) is 18.1. The first-order chi connectivity index (χ1) is 30.6. The van der Waals surface area contributed by atoms with Crippen molar-refractivity contribution in [1.29, 1.82) is 0 Å². The summed E-state index contributed by atoms with van der Waals surface area (Å²) >= 11 is 0. The summed E-state index contributed by atoms with van der Waals surface area (Å²) in [5.74, 6) is -3.55. The highest BCUT2D eigenvalue weighted by Gasteiger charge is 2.50. The van der Waals surface area contributed by atoms with Gasteiger partial charge in [0.15, 0.2) is 18.3 Å². The molecule has 352 valence electrons. The molecule has 0 aromatic heterocycles. The van der Waals surface area contributed by atoms with E-state index in [4.69, 9.17) is 14.2 Å². The summed E-state index contributed by atoms with van der Waals surface area (Å²) < 4.78 is 16.6. The zero-order valence-electron chi connectivity index (χ0n) is 38.7. The minimum absolute atomic E-state index is 0.0194. The van der Waals surface area contributed by atoms with Crippen molar-refractivity contribution in [2.45, 2.75) is 123 Å². The van der Waals surface area contributed by atoms with E-state index in [1.165, 1.54) is 4.90 Å². The number of hydrogen-bond acceptors (Lipinski definition) is 11. The van der Waals surface area contributed by atoms with Gasteiger partial charge in [0.05, 0.1) is 38.4 Å². The lowest BCUT2D eigenvalue weighted by atomic mass is 9.87. The van der Waals surface area contributed by atoms with Crippen LogP contribution in [0.1, 0.15) is 97.1 Å². The average molecular weight is 890 g/mol. The van der Waals surface area contributed by atoms with E-state index in [0.717, 1.165) is 11.1 Å². The molecule has 64 heavy (non-hydrogen) atoms. The largest absolute Gasteiger partial charge is 0.444 e. The monoisotopic (exact) mass is 890 g/mol. The van der Waals surface area contributed by atoms with Crippen molar-refractivity contribution in [3.8, 4) is 0 Å². The van der Waals surface area contributed by atoms with Gasteiger partial charge < -0.3 is 30.2 Å². The fraction of sp³-hybridized carbons (Fsp3) is 0.612. The number of ether oxygens (including phenoxy) is 3. The van der Waals surface area contributed by atoms with Gasteiger partial charge in [-0.1, -0.05) is 88.4 Å². The van der Waals surface area contributed by atoms with Gasteiger partial charge in [0, 0.05) is 45.3 Å². The van der Waals surface area contributed by atoms with E-state index in [9.17, 15) is 33.6 Å². The summed E-state index contributed by atoms with van der Waals surface area (Å²) in [6.45, 7) is 11.2. The molecule has 2 aliphatic rings. The minimum atomic E-state index is -1.14. The number of aryl methyl sites for hydroxylation is 1. The second kappa shape index (κ2) is 26.1. The van der Waals surface area contributed by atoms with Gasteiger partial charge in [-0.15, -0.1) is 0 Å². The Kier molecular flexibility index (Phi) is 21.1. The Labute approximate surface area is 379 Å². The van der Waals surface area contributed by atoms with Crippen molar-refractivity contribution in [2.24, 2.45) is 17.8 Å². The zero-order chi connectivity index (χ0) is 46.6. The molecule has 5 atom stereocenters. The zero-order valence-corrected chi connectivity index (χ0v) is 38.7. The number of ketones is 2. The van der Waals surface area contributed by atoms with Gasteiger partial charge in [0.2, 0.25) is 23.6 Å². The van der Waals surface area contributed by atoms with Crippen LogP contribution in [-0.2, 0) is 60.6 Å². The van der Waals surface area contributed by atoms with Crippen LogP contribution in [0.2, 0.25) is 0 Å². The van der Waals surface area contributed by atoms with Gasteiger partial charge in [-0.3, -0.25) is 43.4 Å². The Morgan fingerprint density at radius 2 is 1.38 bits per heavy atom. The highest BCUT2D eigenvalue weighted by molar-refractivity contribution is 5.98. The van der Waals surface area contributed by atoms with Gasteiger partial charge in [-0.2, -0.15) is 0 Å². The van der Waals surface area contributed by atoms with Crippen molar-refractivity contribution >= 4 is 41.2 Å². The van der Waals surface area contributed by atoms with Crippen LogP contribution in [0.25, 0.3) is 0 Å². The summed E-state index contributed by atoms with van der Waals surface area (Å²) in [5, 5.41) is 8.53. The van der Waals surface area contributed by atoms with Crippen LogP contribution in [0.4, 0.5) is 0 Å². The molecule has 4 rings (SSSR count). The average Bonchev–Trinajstić information content (AvgIpc) is 4.03. The number of amides is 4. The number of benzene rings is 2. The maximum absolute atomic E-state index is 14.8. The van der Waals surface area contributed by atoms with Crippen LogP contribution in [0.3, 0.4) is 0 Å². The first-order valence-electron chi connectivity index (χ1n) is 22.9. The predicted octanol–water partition coefficient (Wildman–Crippen LogP) is 4.19. The maximum atomic E-state index is 14.8. The van der Waals surface area contributed by atoms with E-state index < -0.39 is 60.1 Å². The Bertz CT molecular complexity index is 1830. The first kappa shape index (κ1) is 51.6. The van der Waals surface area contributed by atoms with E-state index in [-0.39, 0.29) is 81.0 Å². The quantitative estimate of drug-likeness (QED) is 0.0481. The molecule has 0 bridgehead atoms. The topological polar surface area (TPSA) is 193 Å². The van der Waals surface area contributed by atoms with Crippen LogP contribution in [0.5, 0.6) is 0 Å². The third kappa shape index (κ3) is 17.5. The number of hydrogen-bond donors (Lipinski definition) is 3. The summed E-state index contributed by atoms with van der Waals surface area (Å²) in [4.78, 5) is 99.4. The molecule has 15 heteroatoms. The molecule has 0 spiro atoms. The van der Waals surface area contributed by atoms with Gasteiger partial charge in [-0.05, 0) is 74.8 Å². The van der Waals surface area contributed by atoms with Crippen LogP contribution >= 0.6 is 0 Å². The smallest absolute Gasteiger partial charge is 0.307 e. The molecule has 15 nitrogen and oxygen atoms in total. The summed E-state index contributed by atoms with van der Waals surface area (Å²) in [7, 11) is 1.55. The molecule has 2 aromatic rings. The second-order valence-electron chi connectivity index (χ2n) is 18.1. The summed E-state index contributed by atoms with van der Waals surface area (Å²) in [6, 6.07) is 15.9. The highest BCUT2D eigenvalue weighted by Crippen LogP contribution is 2.30. The van der Waals surface area contributed by atoms with Crippen LogP contribution in [-0.4, -0.2) is 128 Å².